The summed E-state index contributed by atoms with van der Waals surface area (Å²) in [6.07, 6.45) is 6.47. The molecule has 0 saturated heterocycles. The number of fused-ring (bicyclic) bond motifs is 1. The minimum atomic E-state index is -1.14. The molecule has 3 unspecified atom stereocenters. The van der Waals surface area contributed by atoms with Crippen LogP contribution in [0.1, 0.15) is 41.4 Å². The van der Waals surface area contributed by atoms with Crippen LogP contribution in [0.4, 0.5) is 4.39 Å². The van der Waals surface area contributed by atoms with Crippen LogP contribution in [-0.2, 0) is 40.6 Å². The van der Waals surface area contributed by atoms with E-state index < -0.39 is 22.2 Å². The van der Waals surface area contributed by atoms with Gasteiger partial charge in [0, 0.05) is 46.5 Å². The molecule has 0 bridgehead atoms. The monoisotopic (exact) mass is 493 g/mol. The van der Waals surface area contributed by atoms with Gasteiger partial charge < -0.3 is 14.6 Å². The molecule has 182 valence electrons. The number of hydrogen-bond acceptors (Lipinski definition) is 4. The molecule has 2 aliphatic rings. The summed E-state index contributed by atoms with van der Waals surface area (Å²) in [6.45, 7) is 3.98. The topological polar surface area (TPSA) is 75.4 Å². The SMILES string of the molecule is Cc1cccn1-c1ccc(CC(=O)N(Cc2ccnc3c2CCC3(C)O)C2C=CS(=O)C2)c(F)c1. The van der Waals surface area contributed by atoms with Crippen molar-refractivity contribution in [1.29, 1.82) is 0 Å². The van der Waals surface area contributed by atoms with Gasteiger partial charge in [-0.05, 0) is 73.7 Å². The Morgan fingerprint density at radius 3 is 2.83 bits per heavy atom. The first-order chi connectivity index (χ1) is 16.7. The van der Waals surface area contributed by atoms with Gasteiger partial charge in [0.05, 0.1) is 23.9 Å². The smallest absolute Gasteiger partial charge is 0.227 e. The van der Waals surface area contributed by atoms with Crippen LogP contribution in [0.5, 0.6) is 0 Å². The van der Waals surface area contributed by atoms with Crippen molar-refractivity contribution in [3.63, 3.8) is 0 Å². The van der Waals surface area contributed by atoms with E-state index in [9.17, 15) is 14.1 Å². The molecule has 1 aliphatic carbocycles. The van der Waals surface area contributed by atoms with Crippen LogP contribution >= 0.6 is 0 Å². The van der Waals surface area contributed by atoms with Crippen molar-refractivity contribution in [3.05, 3.63) is 94.2 Å². The fourth-order valence-electron chi connectivity index (χ4n) is 4.99. The minimum absolute atomic E-state index is 0.0985. The van der Waals surface area contributed by atoms with Crippen molar-refractivity contribution in [2.24, 2.45) is 0 Å². The summed E-state index contributed by atoms with van der Waals surface area (Å²) < 4.78 is 29.0. The highest BCUT2D eigenvalue weighted by molar-refractivity contribution is 7.88. The first-order valence-electron chi connectivity index (χ1n) is 11.7. The lowest BCUT2D eigenvalue weighted by atomic mass is 10.0. The average molecular weight is 494 g/mol. The normalized spacial score (nSPS) is 23.0. The molecule has 1 aromatic carbocycles. The first kappa shape index (κ1) is 23.6. The lowest BCUT2D eigenvalue weighted by Gasteiger charge is -2.29. The minimum Gasteiger partial charge on any atom is -0.384 e. The Kier molecular flexibility index (Phi) is 6.19. The molecule has 1 amide bonds. The standard InChI is InChI=1S/C27H28FN3O3S/c1-18-4-3-12-30(18)21-6-5-19(24(28)15-21)14-25(32)31(22-9-13-35(34)17-22)16-20-8-11-29-26-23(20)7-10-27(26,2)33/h3-6,8-9,11-13,15,22,33H,7,10,14,16-17H2,1-2H3. The molecule has 2 aromatic heterocycles. The van der Waals surface area contributed by atoms with E-state index in [0.29, 0.717) is 35.5 Å². The maximum absolute atomic E-state index is 15.0. The number of aromatic nitrogens is 2. The van der Waals surface area contributed by atoms with E-state index in [1.165, 1.54) is 6.07 Å². The van der Waals surface area contributed by atoms with E-state index in [-0.39, 0.29) is 24.9 Å². The predicted molar refractivity (Wildman–Crippen MR) is 133 cm³/mol. The Balaban J connectivity index is 1.41. The number of aryl methyl sites for hydroxylation is 1. The summed E-state index contributed by atoms with van der Waals surface area (Å²) in [5.41, 5.74) is 3.53. The number of nitrogens with zero attached hydrogens (tertiary/aromatic N) is 3. The zero-order valence-electron chi connectivity index (χ0n) is 19.8. The van der Waals surface area contributed by atoms with Crippen molar-refractivity contribution in [2.45, 2.75) is 51.3 Å². The van der Waals surface area contributed by atoms with Gasteiger partial charge in [-0.25, -0.2) is 4.39 Å². The van der Waals surface area contributed by atoms with Gasteiger partial charge in [0.2, 0.25) is 5.91 Å². The second-order valence-electron chi connectivity index (χ2n) is 9.51. The Bertz CT molecular complexity index is 1350. The lowest BCUT2D eigenvalue weighted by Crippen LogP contribution is -2.41. The predicted octanol–water partition coefficient (Wildman–Crippen LogP) is 3.69. The van der Waals surface area contributed by atoms with Crippen LogP contribution in [-0.4, -0.2) is 41.5 Å². The van der Waals surface area contributed by atoms with Crippen LogP contribution in [0.3, 0.4) is 0 Å². The maximum Gasteiger partial charge on any atom is 0.227 e. The van der Waals surface area contributed by atoms with Gasteiger partial charge in [0.15, 0.2) is 0 Å². The summed E-state index contributed by atoms with van der Waals surface area (Å²) in [7, 11) is -1.14. The molecule has 8 heteroatoms. The summed E-state index contributed by atoms with van der Waals surface area (Å²) in [6, 6.07) is 10.3. The van der Waals surface area contributed by atoms with Crippen LogP contribution in [0.25, 0.3) is 5.69 Å². The fourth-order valence-corrected chi connectivity index (χ4v) is 6.08. The highest BCUT2D eigenvalue weighted by atomic mass is 32.2. The molecule has 0 fully saturated rings. The number of rotatable bonds is 6. The van der Waals surface area contributed by atoms with Crippen LogP contribution in [0, 0.1) is 12.7 Å². The van der Waals surface area contributed by atoms with Crippen LogP contribution in [0.15, 0.2) is 60.3 Å². The number of aliphatic hydroxyl groups is 1. The fraction of sp³-hybridized carbons (Fsp3) is 0.333. The number of amides is 1. The average Bonchev–Trinajstić information content (AvgIpc) is 3.52. The van der Waals surface area contributed by atoms with Crippen LogP contribution < -0.4 is 0 Å². The molecule has 0 saturated carbocycles. The van der Waals surface area contributed by atoms with Crippen LogP contribution in [0.2, 0.25) is 0 Å². The molecule has 6 nitrogen and oxygen atoms in total. The highest BCUT2D eigenvalue weighted by Gasteiger charge is 2.36. The number of carbonyl (C=O) groups excluding carboxylic acids is 1. The maximum atomic E-state index is 15.0. The molecular formula is C27H28FN3O3S. The van der Waals surface area contributed by atoms with E-state index in [1.54, 1.807) is 35.6 Å². The van der Waals surface area contributed by atoms with E-state index in [4.69, 9.17) is 0 Å². The second kappa shape index (κ2) is 9.17. The number of pyridine rings is 1. The third kappa shape index (κ3) is 4.60. The Morgan fingerprint density at radius 2 is 2.14 bits per heavy atom. The van der Waals surface area contributed by atoms with Crippen molar-refractivity contribution in [1.82, 2.24) is 14.5 Å². The van der Waals surface area contributed by atoms with Gasteiger partial charge in [-0.15, -0.1) is 0 Å². The van der Waals surface area contributed by atoms with Gasteiger partial charge in [-0.2, -0.15) is 0 Å². The number of carbonyl (C=O) groups is 1. The zero-order chi connectivity index (χ0) is 24.7. The van der Waals surface area contributed by atoms with Gasteiger partial charge in [0.25, 0.3) is 0 Å². The number of halogens is 1. The number of benzene rings is 1. The Hall–Kier alpha value is -3.10. The molecule has 3 atom stereocenters. The molecule has 3 aromatic rings. The first-order valence-corrected chi connectivity index (χ1v) is 13.1. The zero-order valence-corrected chi connectivity index (χ0v) is 20.6. The molecule has 0 spiro atoms. The van der Waals surface area contributed by atoms with E-state index in [1.807, 2.05) is 42.0 Å². The Morgan fingerprint density at radius 1 is 1.31 bits per heavy atom. The molecule has 5 rings (SSSR count). The van der Waals surface area contributed by atoms with Gasteiger partial charge in [0.1, 0.15) is 11.4 Å². The summed E-state index contributed by atoms with van der Waals surface area (Å²) >= 11 is 0. The third-order valence-corrected chi connectivity index (χ3v) is 8.11. The van der Waals surface area contributed by atoms with E-state index >= 15 is 4.39 Å². The summed E-state index contributed by atoms with van der Waals surface area (Å²) in [5.74, 6) is -0.349. The number of hydrogen-bond donors (Lipinski definition) is 1. The largest absolute Gasteiger partial charge is 0.384 e. The van der Waals surface area contributed by atoms with Crippen molar-refractivity contribution < 1.29 is 18.5 Å². The lowest BCUT2D eigenvalue weighted by molar-refractivity contribution is -0.132. The quantitative estimate of drug-likeness (QED) is 0.568. The van der Waals surface area contributed by atoms with Gasteiger partial charge >= 0.3 is 0 Å². The molecule has 0 radical (unpaired) electrons. The molecule has 35 heavy (non-hydrogen) atoms. The van der Waals surface area contributed by atoms with Crippen molar-refractivity contribution in [3.8, 4) is 5.69 Å². The summed E-state index contributed by atoms with van der Waals surface area (Å²) in [4.78, 5) is 19.6. The molecule has 1 aliphatic heterocycles. The molecule has 3 heterocycles. The van der Waals surface area contributed by atoms with Crippen molar-refractivity contribution in [2.75, 3.05) is 5.75 Å². The van der Waals surface area contributed by atoms with E-state index in [0.717, 1.165) is 16.8 Å². The van der Waals surface area contributed by atoms with Gasteiger partial charge in [-0.1, -0.05) is 12.1 Å². The van der Waals surface area contributed by atoms with E-state index in [2.05, 4.69) is 4.98 Å². The van der Waals surface area contributed by atoms with Gasteiger partial charge in [-0.3, -0.25) is 14.0 Å². The summed E-state index contributed by atoms with van der Waals surface area (Å²) in [5, 5.41) is 12.3. The third-order valence-electron chi connectivity index (χ3n) is 6.98. The molecular weight excluding hydrogens is 465 g/mol. The Labute approximate surface area is 206 Å². The highest BCUT2D eigenvalue weighted by Crippen LogP contribution is 2.37. The van der Waals surface area contributed by atoms with Crippen molar-refractivity contribution >= 4 is 16.7 Å². The molecule has 1 N–H and O–H groups in total. The second-order valence-corrected chi connectivity index (χ2v) is 10.9.